The summed E-state index contributed by atoms with van der Waals surface area (Å²) in [4.78, 5) is 0. The van der Waals surface area contributed by atoms with E-state index in [0.717, 1.165) is 45.5 Å². The molecule has 3 aromatic carbocycles. The van der Waals surface area contributed by atoms with E-state index in [-0.39, 0.29) is 0 Å². The van der Waals surface area contributed by atoms with Gasteiger partial charge in [0.05, 0.1) is 14.2 Å². The zero-order valence-corrected chi connectivity index (χ0v) is 16.3. The highest BCUT2D eigenvalue weighted by Crippen LogP contribution is 2.32. The van der Waals surface area contributed by atoms with Crippen molar-refractivity contribution in [2.75, 3.05) is 14.2 Å². The van der Waals surface area contributed by atoms with Gasteiger partial charge in [-0.15, -0.1) is 0 Å². The fourth-order valence-electron chi connectivity index (χ4n) is 2.94. The zero-order valence-electron chi connectivity index (χ0n) is 14.8. The summed E-state index contributed by atoms with van der Waals surface area (Å²) >= 11 is 12.0. The van der Waals surface area contributed by atoms with Crippen LogP contribution in [0.2, 0.25) is 10.0 Å². The van der Waals surface area contributed by atoms with Crippen LogP contribution >= 0.6 is 23.2 Å². The first kappa shape index (κ1) is 18.6. The first-order valence-corrected chi connectivity index (χ1v) is 9.07. The third-order valence-corrected chi connectivity index (χ3v) is 4.80. The van der Waals surface area contributed by atoms with Gasteiger partial charge >= 0.3 is 0 Å². The number of hydrogen-bond donors (Lipinski definition) is 0. The highest BCUT2D eigenvalue weighted by Gasteiger charge is 2.12. The summed E-state index contributed by atoms with van der Waals surface area (Å²) in [6.07, 6.45) is 1.50. The minimum Gasteiger partial charge on any atom is -0.496 e. The van der Waals surface area contributed by atoms with E-state index in [1.165, 1.54) is 11.1 Å². The molecule has 4 heteroatoms. The molecule has 0 atom stereocenters. The molecular weight excluding hydrogens is 367 g/mol. The summed E-state index contributed by atoms with van der Waals surface area (Å²) in [5, 5.41) is 1.47. The first-order chi connectivity index (χ1) is 12.6. The van der Waals surface area contributed by atoms with Crippen LogP contribution < -0.4 is 9.47 Å². The van der Waals surface area contributed by atoms with E-state index < -0.39 is 0 Å². The van der Waals surface area contributed by atoms with Crippen LogP contribution in [0.1, 0.15) is 22.3 Å². The Bertz CT molecular complexity index is 797. The number of benzene rings is 3. The number of rotatable bonds is 6. The Hall–Kier alpha value is -2.16. The third kappa shape index (κ3) is 4.51. The molecule has 0 radical (unpaired) electrons. The van der Waals surface area contributed by atoms with E-state index in [1.54, 1.807) is 14.2 Å². The number of halogens is 2. The predicted octanol–water partition coefficient (Wildman–Crippen LogP) is 6.19. The molecule has 0 aliphatic rings. The lowest BCUT2D eigenvalue weighted by Crippen LogP contribution is -2.00. The molecule has 0 saturated carbocycles. The molecule has 0 spiro atoms. The van der Waals surface area contributed by atoms with Gasteiger partial charge in [-0.05, 0) is 47.5 Å². The summed E-state index contributed by atoms with van der Waals surface area (Å²) in [6, 6.07) is 19.8. The maximum absolute atomic E-state index is 5.98. The van der Waals surface area contributed by atoms with Gasteiger partial charge < -0.3 is 9.47 Å². The number of hydrogen-bond acceptors (Lipinski definition) is 2. The second-order valence-corrected chi connectivity index (χ2v) is 6.96. The van der Waals surface area contributed by atoms with Crippen molar-refractivity contribution in [3.05, 3.63) is 93.0 Å². The van der Waals surface area contributed by atoms with Gasteiger partial charge in [-0.3, -0.25) is 0 Å². The Morgan fingerprint density at radius 2 is 0.962 bits per heavy atom. The fraction of sp³-hybridized carbons (Fsp3) is 0.182. The molecule has 0 fully saturated rings. The summed E-state index contributed by atoms with van der Waals surface area (Å²) in [5.74, 6) is 1.70. The van der Waals surface area contributed by atoms with Gasteiger partial charge in [0.1, 0.15) is 11.5 Å². The van der Waals surface area contributed by atoms with Crippen LogP contribution in [-0.2, 0) is 12.8 Å². The standard InChI is InChI=1S/C22H20Cl2O2/c1-25-21-13-18(12-16-5-9-20(24)10-6-16)22(26-2)14-17(21)11-15-3-7-19(23)8-4-15/h3-10,13-14H,11-12H2,1-2H3. The maximum atomic E-state index is 5.98. The van der Waals surface area contributed by atoms with E-state index in [4.69, 9.17) is 32.7 Å². The third-order valence-electron chi connectivity index (χ3n) is 4.30. The van der Waals surface area contributed by atoms with Crippen LogP contribution in [0.3, 0.4) is 0 Å². The van der Waals surface area contributed by atoms with Crippen LogP contribution in [0, 0.1) is 0 Å². The molecule has 26 heavy (non-hydrogen) atoms. The average molecular weight is 387 g/mol. The van der Waals surface area contributed by atoms with E-state index >= 15 is 0 Å². The van der Waals surface area contributed by atoms with E-state index in [2.05, 4.69) is 12.1 Å². The summed E-state index contributed by atoms with van der Waals surface area (Å²) < 4.78 is 11.3. The summed E-state index contributed by atoms with van der Waals surface area (Å²) in [5.41, 5.74) is 4.48. The van der Waals surface area contributed by atoms with Crippen molar-refractivity contribution >= 4 is 23.2 Å². The molecule has 3 rings (SSSR count). The topological polar surface area (TPSA) is 18.5 Å². The second-order valence-electron chi connectivity index (χ2n) is 6.08. The van der Waals surface area contributed by atoms with Gasteiger partial charge in [0.15, 0.2) is 0 Å². The molecule has 0 aliphatic carbocycles. The average Bonchev–Trinajstić information content (AvgIpc) is 2.66. The van der Waals surface area contributed by atoms with Gasteiger partial charge in [-0.2, -0.15) is 0 Å². The normalized spacial score (nSPS) is 10.6. The second kappa shape index (κ2) is 8.48. The smallest absolute Gasteiger partial charge is 0.122 e. The molecule has 0 bridgehead atoms. The Labute approximate surface area is 164 Å². The van der Waals surface area contributed by atoms with Crippen LogP contribution in [-0.4, -0.2) is 14.2 Å². The summed E-state index contributed by atoms with van der Waals surface area (Å²) in [6.45, 7) is 0. The van der Waals surface area contributed by atoms with Crippen molar-refractivity contribution in [2.24, 2.45) is 0 Å². The maximum Gasteiger partial charge on any atom is 0.122 e. The molecule has 0 aromatic heterocycles. The Balaban J connectivity index is 1.91. The van der Waals surface area contributed by atoms with Crippen molar-refractivity contribution in [3.8, 4) is 11.5 Å². The van der Waals surface area contributed by atoms with Crippen LogP contribution in [0.4, 0.5) is 0 Å². The monoisotopic (exact) mass is 386 g/mol. The Morgan fingerprint density at radius 3 is 1.27 bits per heavy atom. The molecule has 0 aliphatic heterocycles. The van der Waals surface area contributed by atoms with Crippen molar-refractivity contribution < 1.29 is 9.47 Å². The largest absolute Gasteiger partial charge is 0.496 e. The number of ether oxygens (including phenoxy) is 2. The minimum atomic E-state index is 0.733. The fourth-order valence-corrected chi connectivity index (χ4v) is 3.20. The first-order valence-electron chi connectivity index (χ1n) is 8.31. The SMILES string of the molecule is COc1cc(Cc2ccc(Cl)cc2)c(OC)cc1Cc1ccc(Cl)cc1. The lowest BCUT2D eigenvalue weighted by Gasteiger charge is -2.15. The van der Waals surface area contributed by atoms with Gasteiger partial charge in [-0.25, -0.2) is 0 Å². The predicted molar refractivity (Wildman–Crippen MR) is 108 cm³/mol. The van der Waals surface area contributed by atoms with Crippen molar-refractivity contribution in [1.82, 2.24) is 0 Å². The van der Waals surface area contributed by atoms with Crippen LogP contribution in [0.25, 0.3) is 0 Å². The van der Waals surface area contributed by atoms with Gasteiger partial charge in [0, 0.05) is 34.0 Å². The minimum absolute atomic E-state index is 0.733. The molecular formula is C22H20Cl2O2. The summed E-state index contributed by atoms with van der Waals surface area (Å²) in [7, 11) is 3.39. The van der Waals surface area contributed by atoms with Crippen molar-refractivity contribution in [1.29, 1.82) is 0 Å². The van der Waals surface area contributed by atoms with Crippen LogP contribution in [0.15, 0.2) is 60.7 Å². The molecule has 0 heterocycles. The highest BCUT2D eigenvalue weighted by molar-refractivity contribution is 6.30. The number of methoxy groups -OCH3 is 2. The molecule has 134 valence electrons. The molecule has 0 amide bonds. The lowest BCUT2D eigenvalue weighted by atomic mass is 9.98. The molecule has 0 N–H and O–H groups in total. The molecule has 2 nitrogen and oxygen atoms in total. The van der Waals surface area contributed by atoms with Gasteiger partial charge in [0.25, 0.3) is 0 Å². The van der Waals surface area contributed by atoms with Crippen LogP contribution in [0.5, 0.6) is 11.5 Å². The van der Waals surface area contributed by atoms with Crippen molar-refractivity contribution in [3.63, 3.8) is 0 Å². The van der Waals surface area contributed by atoms with Gasteiger partial charge in [-0.1, -0.05) is 47.5 Å². The quantitative estimate of drug-likeness (QED) is 0.502. The molecule has 3 aromatic rings. The lowest BCUT2D eigenvalue weighted by molar-refractivity contribution is 0.396. The van der Waals surface area contributed by atoms with Gasteiger partial charge in [0.2, 0.25) is 0 Å². The highest BCUT2D eigenvalue weighted by atomic mass is 35.5. The van der Waals surface area contributed by atoms with E-state index in [9.17, 15) is 0 Å². The van der Waals surface area contributed by atoms with E-state index in [1.807, 2.05) is 48.5 Å². The Morgan fingerprint density at radius 1 is 0.615 bits per heavy atom. The zero-order chi connectivity index (χ0) is 18.5. The molecule has 0 unspecified atom stereocenters. The molecule has 0 saturated heterocycles. The van der Waals surface area contributed by atoms with E-state index in [0.29, 0.717) is 0 Å². The Kier molecular flexibility index (Phi) is 6.08. The van der Waals surface area contributed by atoms with Crippen molar-refractivity contribution in [2.45, 2.75) is 12.8 Å².